The van der Waals surface area contributed by atoms with Crippen LogP contribution in [-0.4, -0.2) is 39.3 Å². The molecule has 1 aliphatic heterocycles. The highest BCUT2D eigenvalue weighted by atomic mass is 32.2. The molecule has 5 nitrogen and oxygen atoms in total. The van der Waals surface area contributed by atoms with E-state index < -0.39 is 12.1 Å². The van der Waals surface area contributed by atoms with E-state index in [1.165, 1.54) is 4.90 Å². The first-order chi connectivity index (χ1) is 10.0. The summed E-state index contributed by atoms with van der Waals surface area (Å²) in [6.07, 6.45) is 0.392. The molecule has 1 saturated heterocycles. The Kier molecular flexibility index (Phi) is 6.64. The molecule has 0 aromatic heterocycles. The average molecular weight is 315 g/mol. The van der Waals surface area contributed by atoms with Crippen molar-refractivity contribution in [1.82, 2.24) is 4.90 Å². The zero-order valence-electron chi connectivity index (χ0n) is 11.9. The molecule has 0 saturated carbocycles. The predicted octanol–water partition coefficient (Wildman–Crippen LogP) is 2.54. The number of ether oxygens (including phenoxy) is 1. The Bertz CT molecular complexity index is 469. The van der Waals surface area contributed by atoms with Gasteiger partial charge >= 0.3 is 6.09 Å². The molecule has 7 heteroatoms. The van der Waals surface area contributed by atoms with Crippen LogP contribution in [0.3, 0.4) is 0 Å². The van der Waals surface area contributed by atoms with Gasteiger partial charge in [0.05, 0.1) is 5.88 Å². The maximum absolute atomic E-state index is 12.0. The third-order valence-electron chi connectivity index (χ3n) is 3.19. The molecule has 0 bridgehead atoms. The first-order valence-electron chi connectivity index (χ1n) is 6.28. The van der Waals surface area contributed by atoms with Crippen molar-refractivity contribution in [3.63, 3.8) is 0 Å². The van der Waals surface area contributed by atoms with Gasteiger partial charge in [-0.2, -0.15) is 0 Å². The maximum atomic E-state index is 12.0. The summed E-state index contributed by atoms with van der Waals surface area (Å²) in [5.41, 5.74) is 0.935. The van der Waals surface area contributed by atoms with Gasteiger partial charge in [0.2, 0.25) is 0 Å². The Labute approximate surface area is 127 Å². The average Bonchev–Trinajstić information content (AvgIpc) is 2.82. The Hall–Kier alpha value is -1.60. The summed E-state index contributed by atoms with van der Waals surface area (Å²) in [6, 6.07) is 9.06. The number of hydrogen-bond acceptors (Lipinski definition) is 5. The lowest BCUT2D eigenvalue weighted by atomic mass is 10.0. The normalized spacial score (nSPS) is 19.4. The molecule has 1 aromatic carbocycles. The van der Waals surface area contributed by atoms with Crippen LogP contribution in [0.4, 0.5) is 9.32 Å². The van der Waals surface area contributed by atoms with Crippen LogP contribution in [0.1, 0.15) is 19.4 Å². The number of thioether (sulfide) groups is 1. The molecule has 1 heterocycles. The maximum Gasteiger partial charge on any atom is 0.411 e. The molecule has 1 N–H and O–H groups in total. The number of aldehydes is 1. The lowest BCUT2D eigenvalue weighted by molar-refractivity contribution is -0.112. The molecule has 0 spiro atoms. The topological polar surface area (TPSA) is 66.8 Å². The van der Waals surface area contributed by atoms with Crippen LogP contribution >= 0.6 is 11.8 Å². The van der Waals surface area contributed by atoms with Crippen molar-refractivity contribution in [1.29, 1.82) is 0 Å². The van der Waals surface area contributed by atoms with Crippen LogP contribution in [0.25, 0.3) is 0 Å². The summed E-state index contributed by atoms with van der Waals surface area (Å²) in [6.45, 7) is 4.15. The molecule has 0 unspecified atom stereocenters. The van der Waals surface area contributed by atoms with Crippen LogP contribution in [-0.2, 0) is 16.1 Å². The van der Waals surface area contributed by atoms with Crippen molar-refractivity contribution in [2.75, 3.05) is 5.88 Å². The number of benzene rings is 1. The molecule has 1 fully saturated rings. The summed E-state index contributed by atoms with van der Waals surface area (Å²) in [7, 11) is 0. The van der Waals surface area contributed by atoms with Crippen LogP contribution in [0.5, 0.6) is 0 Å². The van der Waals surface area contributed by atoms with Gasteiger partial charge in [-0.25, -0.2) is 10.1 Å². The third-order valence-corrected chi connectivity index (χ3v) is 4.59. The van der Waals surface area contributed by atoms with Crippen molar-refractivity contribution in [3.05, 3.63) is 35.9 Å². The highest BCUT2D eigenvalue weighted by molar-refractivity contribution is 8.00. The summed E-state index contributed by atoms with van der Waals surface area (Å²) < 4.78 is 13.5. The highest BCUT2D eigenvalue weighted by Gasteiger charge is 2.44. The highest BCUT2D eigenvalue weighted by Crippen LogP contribution is 2.38. The third kappa shape index (κ3) is 4.44. The SMILES string of the molecule is CC1(C)SCN(C(=O)OCc2ccccc2)[C@@H]1C=O.OF. The van der Waals surface area contributed by atoms with E-state index in [2.05, 4.69) is 0 Å². The Morgan fingerprint density at radius 3 is 2.67 bits per heavy atom. The fraction of sp³-hybridized carbons (Fsp3) is 0.429. The quantitative estimate of drug-likeness (QED) is 0.868. The number of carbonyl (C=O) groups excluding carboxylic acids is 2. The van der Waals surface area contributed by atoms with Crippen molar-refractivity contribution in [2.24, 2.45) is 0 Å². The van der Waals surface area contributed by atoms with E-state index in [0.717, 1.165) is 11.8 Å². The minimum Gasteiger partial charge on any atom is -0.445 e. The van der Waals surface area contributed by atoms with Crippen molar-refractivity contribution < 1.29 is 24.2 Å². The molecule has 0 radical (unpaired) electrons. The molecule has 1 amide bonds. The monoisotopic (exact) mass is 315 g/mol. The molecular formula is C14H18FNO4S. The minimum absolute atomic E-state index is 0.229. The van der Waals surface area contributed by atoms with E-state index in [4.69, 9.17) is 14.6 Å². The van der Waals surface area contributed by atoms with Crippen LogP contribution < -0.4 is 0 Å². The second kappa shape index (κ2) is 7.99. The lowest BCUT2D eigenvalue weighted by Crippen LogP contribution is -2.44. The predicted molar refractivity (Wildman–Crippen MR) is 78.2 cm³/mol. The van der Waals surface area contributed by atoms with Crippen LogP contribution in [0.2, 0.25) is 0 Å². The second-order valence-corrected chi connectivity index (χ2v) is 6.57. The fourth-order valence-corrected chi connectivity index (χ4v) is 3.07. The molecule has 2 rings (SSSR count). The van der Waals surface area contributed by atoms with Gasteiger partial charge in [0.15, 0.2) is 0 Å². The Morgan fingerprint density at radius 1 is 1.48 bits per heavy atom. The molecule has 1 aliphatic rings. The number of carbonyl (C=O) groups is 2. The van der Waals surface area contributed by atoms with Crippen LogP contribution in [0, 0.1) is 0 Å². The van der Waals surface area contributed by atoms with E-state index in [1.807, 2.05) is 44.2 Å². The number of amides is 1. The second-order valence-electron chi connectivity index (χ2n) is 4.97. The number of hydrogen-bond donors (Lipinski definition) is 1. The first-order valence-corrected chi connectivity index (χ1v) is 7.26. The molecule has 116 valence electrons. The van der Waals surface area contributed by atoms with E-state index in [1.54, 1.807) is 11.8 Å². The standard InChI is InChI=1S/C14H17NO3S.FHO/c1-14(2)12(8-16)15(10-19-14)13(17)18-9-11-6-4-3-5-7-11;1-2/h3-8,12H,9-10H2,1-2H3;2H/t12-;/m1./s1. The van der Waals surface area contributed by atoms with E-state index in [0.29, 0.717) is 5.88 Å². The summed E-state index contributed by atoms with van der Waals surface area (Å²) >= 11 is 1.58. The van der Waals surface area contributed by atoms with E-state index in [9.17, 15) is 9.59 Å². The molecule has 1 aromatic rings. The van der Waals surface area contributed by atoms with Crippen LogP contribution in [0.15, 0.2) is 30.3 Å². The van der Waals surface area contributed by atoms with E-state index >= 15 is 0 Å². The number of rotatable bonds is 3. The van der Waals surface area contributed by atoms with Gasteiger partial charge in [0.1, 0.15) is 18.9 Å². The minimum atomic E-state index is -0.431. The summed E-state index contributed by atoms with van der Waals surface area (Å²) in [4.78, 5) is 24.6. The van der Waals surface area contributed by atoms with Crippen molar-refractivity contribution in [3.8, 4) is 0 Å². The summed E-state index contributed by atoms with van der Waals surface area (Å²) in [5.74, 6) is 0.490. The van der Waals surface area contributed by atoms with Gasteiger partial charge in [0.25, 0.3) is 0 Å². The number of nitrogens with zero attached hydrogens (tertiary/aromatic N) is 1. The van der Waals surface area contributed by atoms with Gasteiger partial charge < -0.3 is 9.53 Å². The number of halogens is 1. The van der Waals surface area contributed by atoms with E-state index in [-0.39, 0.29) is 11.4 Å². The largest absolute Gasteiger partial charge is 0.445 e. The van der Waals surface area contributed by atoms with Crippen molar-refractivity contribution in [2.45, 2.75) is 31.2 Å². The molecule has 21 heavy (non-hydrogen) atoms. The Morgan fingerprint density at radius 2 is 2.10 bits per heavy atom. The van der Waals surface area contributed by atoms with Gasteiger partial charge in [-0.05, 0) is 19.4 Å². The van der Waals surface area contributed by atoms with Gasteiger partial charge in [-0.3, -0.25) is 4.90 Å². The van der Waals surface area contributed by atoms with Crippen molar-refractivity contribution >= 4 is 24.1 Å². The fourth-order valence-electron chi connectivity index (χ4n) is 1.98. The van der Waals surface area contributed by atoms with Gasteiger partial charge in [-0.15, -0.1) is 11.8 Å². The zero-order valence-corrected chi connectivity index (χ0v) is 12.7. The van der Waals surface area contributed by atoms with Gasteiger partial charge in [0, 0.05) is 4.75 Å². The lowest BCUT2D eigenvalue weighted by Gasteiger charge is -2.25. The first kappa shape index (κ1) is 17.5. The summed E-state index contributed by atoms with van der Waals surface area (Å²) in [5, 5.41) is 5.50. The molecule has 1 atom stereocenters. The molecular weight excluding hydrogens is 297 g/mol. The zero-order chi connectivity index (χ0) is 15.9. The van der Waals surface area contributed by atoms with Gasteiger partial charge in [-0.1, -0.05) is 34.9 Å². The molecule has 0 aliphatic carbocycles. The Balaban J connectivity index is 0.00000106. The smallest absolute Gasteiger partial charge is 0.411 e.